The summed E-state index contributed by atoms with van der Waals surface area (Å²) in [4.78, 5) is 34.4. The molecule has 1 aliphatic heterocycles. The molecule has 1 N–H and O–H groups in total. The van der Waals surface area contributed by atoms with Gasteiger partial charge in [0, 0.05) is 37.8 Å². The minimum Gasteiger partial charge on any atom is -0.497 e. The monoisotopic (exact) mass is 474 g/mol. The van der Waals surface area contributed by atoms with Crippen LogP contribution in [0.25, 0.3) is 0 Å². The lowest BCUT2D eigenvalue weighted by molar-refractivity contribution is 0.0766. The van der Waals surface area contributed by atoms with Gasteiger partial charge in [-0.15, -0.1) is 0 Å². The SMILES string of the molecule is COc1ccc(C(=O)Nc2ccc(N3CCCN(C(=O)c4ccccc4C)CC3)nc2)c(OC)c1. The number of aromatic nitrogens is 1. The molecule has 0 radical (unpaired) electrons. The first-order valence-corrected chi connectivity index (χ1v) is 11.6. The van der Waals surface area contributed by atoms with Gasteiger partial charge in [0.15, 0.2) is 0 Å². The van der Waals surface area contributed by atoms with Crippen LogP contribution in [0.15, 0.2) is 60.8 Å². The van der Waals surface area contributed by atoms with Gasteiger partial charge < -0.3 is 24.6 Å². The molecule has 4 rings (SSSR count). The second-order valence-corrected chi connectivity index (χ2v) is 8.37. The Labute approximate surface area is 205 Å². The summed E-state index contributed by atoms with van der Waals surface area (Å²) in [5.41, 5.74) is 2.74. The van der Waals surface area contributed by atoms with E-state index in [0.717, 1.165) is 29.9 Å². The number of hydrogen-bond donors (Lipinski definition) is 1. The van der Waals surface area contributed by atoms with Crippen LogP contribution in [0.1, 0.15) is 32.7 Å². The van der Waals surface area contributed by atoms with Crippen LogP contribution in [-0.4, -0.2) is 62.1 Å². The van der Waals surface area contributed by atoms with E-state index in [1.807, 2.05) is 48.2 Å². The fourth-order valence-corrected chi connectivity index (χ4v) is 4.16. The van der Waals surface area contributed by atoms with Crippen molar-refractivity contribution in [1.29, 1.82) is 0 Å². The Kier molecular flexibility index (Phi) is 7.50. The van der Waals surface area contributed by atoms with Gasteiger partial charge in [0.1, 0.15) is 17.3 Å². The molecule has 2 heterocycles. The van der Waals surface area contributed by atoms with E-state index in [9.17, 15) is 9.59 Å². The number of nitrogens with zero attached hydrogens (tertiary/aromatic N) is 3. The second kappa shape index (κ2) is 10.9. The largest absolute Gasteiger partial charge is 0.497 e. The molecule has 0 spiro atoms. The predicted molar refractivity (Wildman–Crippen MR) is 136 cm³/mol. The van der Waals surface area contributed by atoms with Crippen LogP contribution in [-0.2, 0) is 0 Å². The van der Waals surface area contributed by atoms with Gasteiger partial charge in [0.25, 0.3) is 11.8 Å². The van der Waals surface area contributed by atoms with Crippen molar-refractivity contribution in [1.82, 2.24) is 9.88 Å². The number of methoxy groups -OCH3 is 2. The molecule has 8 nitrogen and oxygen atoms in total. The maximum absolute atomic E-state index is 13.0. The van der Waals surface area contributed by atoms with Gasteiger partial charge in [-0.2, -0.15) is 0 Å². The molecule has 2 amide bonds. The predicted octanol–water partition coefficient (Wildman–Crippen LogP) is 4.01. The minimum atomic E-state index is -0.292. The number of ether oxygens (including phenoxy) is 2. The normalized spacial score (nSPS) is 13.7. The molecular formula is C27H30N4O4. The standard InChI is InChI=1S/C27H30N4O4/c1-19-7-4-5-8-22(19)27(33)31-14-6-13-30(15-16-31)25-12-9-20(18-28-25)29-26(32)23-11-10-21(34-2)17-24(23)35-3/h4-5,7-12,17-18H,6,13-16H2,1-3H3,(H,29,32). The first-order valence-electron chi connectivity index (χ1n) is 11.6. The molecule has 3 aromatic rings. The first-order chi connectivity index (χ1) is 17.0. The number of benzene rings is 2. The number of carbonyl (C=O) groups is 2. The summed E-state index contributed by atoms with van der Waals surface area (Å²) in [5.74, 6) is 1.64. The van der Waals surface area contributed by atoms with Gasteiger partial charge in [-0.1, -0.05) is 18.2 Å². The van der Waals surface area contributed by atoms with Crippen molar-refractivity contribution in [2.75, 3.05) is 50.6 Å². The quantitative estimate of drug-likeness (QED) is 0.581. The summed E-state index contributed by atoms with van der Waals surface area (Å²) in [6, 6.07) is 16.5. The average Bonchev–Trinajstić information content (AvgIpc) is 3.15. The second-order valence-electron chi connectivity index (χ2n) is 8.37. The number of rotatable bonds is 6. The fourth-order valence-electron chi connectivity index (χ4n) is 4.16. The highest BCUT2D eigenvalue weighted by molar-refractivity contribution is 6.06. The smallest absolute Gasteiger partial charge is 0.259 e. The van der Waals surface area contributed by atoms with Crippen LogP contribution in [0.5, 0.6) is 11.5 Å². The topological polar surface area (TPSA) is 84.0 Å². The molecule has 182 valence electrons. The average molecular weight is 475 g/mol. The Balaban J connectivity index is 1.39. The van der Waals surface area contributed by atoms with Crippen molar-refractivity contribution in [3.63, 3.8) is 0 Å². The highest BCUT2D eigenvalue weighted by Crippen LogP contribution is 2.26. The summed E-state index contributed by atoms with van der Waals surface area (Å²) in [6.45, 7) is 4.80. The number of hydrogen-bond acceptors (Lipinski definition) is 6. The molecule has 0 aliphatic carbocycles. The third-order valence-electron chi connectivity index (χ3n) is 6.14. The molecule has 0 unspecified atom stereocenters. The Morgan fingerprint density at radius 3 is 2.46 bits per heavy atom. The summed E-state index contributed by atoms with van der Waals surface area (Å²) in [5, 5.41) is 2.86. The van der Waals surface area contributed by atoms with Gasteiger partial charge in [0.05, 0.1) is 31.7 Å². The van der Waals surface area contributed by atoms with Crippen LogP contribution in [0.4, 0.5) is 11.5 Å². The number of amides is 2. The third kappa shape index (κ3) is 5.54. The Hall–Kier alpha value is -4.07. The molecule has 1 fully saturated rings. The van der Waals surface area contributed by atoms with Crippen molar-refractivity contribution in [2.24, 2.45) is 0 Å². The molecule has 2 aromatic carbocycles. The molecule has 8 heteroatoms. The first kappa shape index (κ1) is 24.1. The molecule has 35 heavy (non-hydrogen) atoms. The van der Waals surface area contributed by atoms with Gasteiger partial charge >= 0.3 is 0 Å². The molecular weight excluding hydrogens is 444 g/mol. The van der Waals surface area contributed by atoms with E-state index in [0.29, 0.717) is 42.4 Å². The Morgan fingerprint density at radius 1 is 0.914 bits per heavy atom. The Bertz CT molecular complexity index is 1200. The molecule has 1 aromatic heterocycles. The van der Waals surface area contributed by atoms with Crippen LogP contribution in [0.2, 0.25) is 0 Å². The zero-order chi connectivity index (χ0) is 24.8. The summed E-state index contributed by atoms with van der Waals surface area (Å²) in [7, 11) is 3.07. The van der Waals surface area contributed by atoms with Crippen LogP contribution < -0.4 is 19.7 Å². The van der Waals surface area contributed by atoms with Crippen molar-refractivity contribution in [3.05, 3.63) is 77.5 Å². The summed E-state index contributed by atoms with van der Waals surface area (Å²) in [6.07, 6.45) is 2.50. The van der Waals surface area contributed by atoms with Gasteiger partial charge in [-0.25, -0.2) is 4.98 Å². The summed E-state index contributed by atoms with van der Waals surface area (Å²) < 4.78 is 10.5. The maximum atomic E-state index is 13.0. The molecule has 0 bridgehead atoms. The lowest BCUT2D eigenvalue weighted by atomic mass is 10.1. The maximum Gasteiger partial charge on any atom is 0.259 e. The van der Waals surface area contributed by atoms with E-state index in [-0.39, 0.29) is 11.8 Å². The van der Waals surface area contributed by atoms with Crippen LogP contribution in [0, 0.1) is 6.92 Å². The van der Waals surface area contributed by atoms with Gasteiger partial charge in [-0.05, 0) is 49.2 Å². The minimum absolute atomic E-state index is 0.0740. The lowest BCUT2D eigenvalue weighted by Gasteiger charge is -2.23. The van der Waals surface area contributed by atoms with Crippen molar-refractivity contribution < 1.29 is 19.1 Å². The van der Waals surface area contributed by atoms with E-state index in [4.69, 9.17) is 9.47 Å². The number of anilines is 2. The van der Waals surface area contributed by atoms with Crippen LogP contribution in [0.3, 0.4) is 0 Å². The van der Waals surface area contributed by atoms with Gasteiger partial charge in [-0.3, -0.25) is 9.59 Å². The lowest BCUT2D eigenvalue weighted by Crippen LogP contribution is -2.35. The zero-order valence-corrected chi connectivity index (χ0v) is 20.3. The van der Waals surface area contributed by atoms with E-state index >= 15 is 0 Å². The number of aryl methyl sites for hydroxylation is 1. The van der Waals surface area contributed by atoms with Crippen molar-refractivity contribution in [2.45, 2.75) is 13.3 Å². The number of carbonyl (C=O) groups excluding carboxylic acids is 2. The van der Waals surface area contributed by atoms with E-state index < -0.39 is 0 Å². The van der Waals surface area contributed by atoms with E-state index in [1.54, 1.807) is 31.5 Å². The van der Waals surface area contributed by atoms with Gasteiger partial charge in [0.2, 0.25) is 0 Å². The highest BCUT2D eigenvalue weighted by Gasteiger charge is 2.22. The molecule has 0 atom stereocenters. The zero-order valence-electron chi connectivity index (χ0n) is 20.3. The number of pyridine rings is 1. The summed E-state index contributed by atoms with van der Waals surface area (Å²) >= 11 is 0. The van der Waals surface area contributed by atoms with E-state index in [2.05, 4.69) is 15.2 Å². The number of nitrogens with one attached hydrogen (secondary N) is 1. The Morgan fingerprint density at radius 2 is 1.74 bits per heavy atom. The van der Waals surface area contributed by atoms with Crippen molar-refractivity contribution in [3.8, 4) is 11.5 Å². The molecule has 1 saturated heterocycles. The van der Waals surface area contributed by atoms with Crippen LogP contribution >= 0.6 is 0 Å². The molecule has 1 aliphatic rings. The third-order valence-corrected chi connectivity index (χ3v) is 6.14. The van der Waals surface area contributed by atoms with Crippen molar-refractivity contribution >= 4 is 23.3 Å². The molecule has 0 saturated carbocycles. The van der Waals surface area contributed by atoms with E-state index in [1.165, 1.54) is 7.11 Å². The fraction of sp³-hybridized carbons (Fsp3) is 0.296. The highest BCUT2D eigenvalue weighted by atomic mass is 16.5.